The number of aromatic nitrogens is 1. The van der Waals surface area contributed by atoms with Crippen LogP contribution in [0.15, 0.2) is 29.1 Å². The highest BCUT2D eigenvalue weighted by molar-refractivity contribution is 7.07. The minimum Gasteiger partial charge on any atom is -0.360 e. The number of amides is 2. The third-order valence-corrected chi connectivity index (χ3v) is 5.86. The Labute approximate surface area is 205 Å². The summed E-state index contributed by atoms with van der Waals surface area (Å²) >= 11 is 0.901. The second-order valence-corrected chi connectivity index (χ2v) is 8.59. The summed E-state index contributed by atoms with van der Waals surface area (Å²) < 4.78 is 26.4. The molecule has 0 unspecified atom stereocenters. The van der Waals surface area contributed by atoms with Crippen LogP contribution in [-0.4, -0.2) is 54.4 Å². The standard InChI is InChI=1S/C23H28F2N6O3S/c1-4-9-30(3)14-20(32)29-16-8-6-7-15(10-16)27-12-18-22(34)31(5-2)23(35-18)17(11-26)21(33)28-13-19(24)25/h6-8,10,12,19,27H,4-5,9,13-14H2,1-3H3,(H,28,33)(H,29,32)/b18-12+,23-17-. The van der Waals surface area contributed by atoms with Crippen LogP contribution in [0.3, 0.4) is 0 Å². The second-order valence-electron chi connectivity index (χ2n) is 7.56. The minimum atomic E-state index is -2.76. The quantitative estimate of drug-likeness (QED) is 0.420. The Kier molecular flexibility index (Phi) is 10.6. The van der Waals surface area contributed by atoms with Crippen molar-refractivity contribution in [2.75, 3.05) is 37.3 Å². The zero-order chi connectivity index (χ0) is 26.0. The maximum absolute atomic E-state index is 12.8. The van der Waals surface area contributed by atoms with Crippen molar-refractivity contribution in [1.29, 1.82) is 5.26 Å². The lowest BCUT2D eigenvalue weighted by atomic mass is 10.2. The Bertz CT molecular complexity index is 1270. The summed E-state index contributed by atoms with van der Waals surface area (Å²) in [5, 5.41) is 17.2. The summed E-state index contributed by atoms with van der Waals surface area (Å²) in [6.07, 6.45) is -0.386. The molecule has 188 valence electrons. The van der Waals surface area contributed by atoms with E-state index in [9.17, 15) is 28.4 Å². The first-order chi connectivity index (χ1) is 16.7. The van der Waals surface area contributed by atoms with Gasteiger partial charge in [0.1, 0.15) is 15.3 Å². The second kappa shape index (κ2) is 13.4. The van der Waals surface area contributed by atoms with Crippen molar-refractivity contribution in [3.05, 3.63) is 43.8 Å². The number of nitrogens with one attached hydrogen (secondary N) is 3. The van der Waals surface area contributed by atoms with Gasteiger partial charge in [0, 0.05) is 24.1 Å². The Morgan fingerprint density at radius 1 is 1.29 bits per heavy atom. The average molecular weight is 507 g/mol. The number of halogens is 2. The van der Waals surface area contributed by atoms with Gasteiger partial charge in [-0.15, -0.1) is 11.3 Å². The van der Waals surface area contributed by atoms with E-state index in [1.807, 2.05) is 24.2 Å². The first-order valence-corrected chi connectivity index (χ1v) is 11.8. The minimum absolute atomic E-state index is 0.0806. The summed E-state index contributed by atoms with van der Waals surface area (Å²) in [6, 6.07) is 8.63. The molecule has 0 fully saturated rings. The van der Waals surface area contributed by atoms with E-state index in [-0.39, 0.29) is 28.2 Å². The molecule has 1 aromatic heterocycles. The molecular formula is C23H28F2N6O3S. The van der Waals surface area contributed by atoms with Crippen LogP contribution in [0.1, 0.15) is 20.3 Å². The molecule has 0 saturated heterocycles. The zero-order valence-corrected chi connectivity index (χ0v) is 20.5. The zero-order valence-electron chi connectivity index (χ0n) is 19.7. The van der Waals surface area contributed by atoms with Gasteiger partial charge >= 0.3 is 0 Å². The third kappa shape index (κ3) is 8.01. The number of likely N-dealkylation sites (N-methyl/N-ethyl adjacent to an activating group) is 1. The van der Waals surface area contributed by atoms with Gasteiger partial charge in [0.25, 0.3) is 17.9 Å². The fourth-order valence-corrected chi connectivity index (χ4v) is 4.27. The highest BCUT2D eigenvalue weighted by atomic mass is 32.1. The van der Waals surface area contributed by atoms with E-state index in [2.05, 4.69) is 10.6 Å². The Hall–Kier alpha value is -3.56. The molecule has 2 rings (SSSR count). The molecule has 0 bridgehead atoms. The Morgan fingerprint density at radius 2 is 2.00 bits per heavy atom. The lowest BCUT2D eigenvalue weighted by Crippen LogP contribution is -2.35. The highest BCUT2D eigenvalue weighted by Gasteiger charge is 2.16. The maximum atomic E-state index is 12.8. The number of nitrogens with zero attached hydrogens (tertiary/aromatic N) is 3. The van der Waals surface area contributed by atoms with Gasteiger partial charge in [-0.05, 0) is 45.1 Å². The Balaban J connectivity index is 2.30. The van der Waals surface area contributed by atoms with Crippen molar-refractivity contribution in [3.63, 3.8) is 0 Å². The van der Waals surface area contributed by atoms with E-state index < -0.39 is 30.0 Å². The molecule has 2 aromatic rings. The summed E-state index contributed by atoms with van der Waals surface area (Å²) in [5.41, 5.74) is 0.332. The fraction of sp³-hybridized carbons (Fsp3) is 0.391. The SMILES string of the molecule is CCCN(C)CC(=O)Nc1cccc(N/C=c2/s/c(=C(/C#N)C(=O)NCC(F)F)n(CC)c2=O)c1. The van der Waals surface area contributed by atoms with Crippen LogP contribution in [-0.2, 0) is 16.1 Å². The van der Waals surface area contributed by atoms with Gasteiger partial charge in [0.05, 0.1) is 13.1 Å². The first kappa shape index (κ1) is 27.7. The van der Waals surface area contributed by atoms with Gasteiger partial charge in [0.15, 0.2) is 5.57 Å². The predicted octanol–water partition coefficient (Wildman–Crippen LogP) is 1.12. The molecule has 2 amide bonds. The third-order valence-electron chi connectivity index (χ3n) is 4.73. The van der Waals surface area contributed by atoms with Crippen LogP contribution in [0.25, 0.3) is 11.8 Å². The van der Waals surface area contributed by atoms with Crippen molar-refractivity contribution in [3.8, 4) is 6.07 Å². The smallest absolute Gasteiger partial charge is 0.270 e. The summed E-state index contributed by atoms with van der Waals surface area (Å²) in [6.45, 7) is 4.06. The number of thiazole rings is 1. The molecule has 1 aromatic carbocycles. The molecule has 0 aliphatic rings. The van der Waals surface area contributed by atoms with E-state index in [4.69, 9.17) is 0 Å². The molecular weight excluding hydrogens is 478 g/mol. The average Bonchev–Trinajstić information content (AvgIpc) is 3.11. The van der Waals surface area contributed by atoms with Crippen molar-refractivity contribution < 1.29 is 18.4 Å². The largest absolute Gasteiger partial charge is 0.360 e. The molecule has 12 heteroatoms. The molecule has 3 N–H and O–H groups in total. The lowest BCUT2D eigenvalue weighted by Gasteiger charge is -2.15. The van der Waals surface area contributed by atoms with Gasteiger partial charge in [-0.25, -0.2) is 8.78 Å². The molecule has 0 atom stereocenters. The van der Waals surface area contributed by atoms with Gasteiger partial charge in [-0.1, -0.05) is 13.0 Å². The number of carbonyl (C=O) groups is 2. The monoisotopic (exact) mass is 506 g/mol. The summed E-state index contributed by atoms with van der Waals surface area (Å²) in [5.74, 6) is -1.12. The van der Waals surface area contributed by atoms with Crippen molar-refractivity contribution in [2.24, 2.45) is 0 Å². The summed E-state index contributed by atoms with van der Waals surface area (Å²) in [7, 11) is 1.87. The van der Waals surface area contributed by atoms with Crippen LogP contribution < -0.4 is 30.7 Å². The number of alkyl halides is 2. The van der Waals surface area contributed by atoms with Crippen LogP contribution in [0.2, 0.25) is 0 Å². The van der Waals surface area contributed by atoms with E-state index in [0.29, 0.717) is 11.4 Å². The highest BCUT2D eigenvalue weighted by Crippen LogP contribution is 2.15. The summed E-state index contributed by atoms with van der Waals surface area (Å²) in [4.78, 5) is 39.1. The normalized spacial score (nSPS) is 12.5. The number of hydrogen-bond donors (Lipinski definition) is 3. The fourth-order valence-electron chi connectivity index (χ4n) is 3.19. The number of nitriles is 1. The van der Waals surface area contributed by atoms with Gasteiger partial charge in [0.2, 0.25) is 5.91 Å². The number of rotatable bonds is 11. The number of hydrogen-bond acceptors (Lipinski definition) is 7. The van der Waals surface area contributed by atoms with E-state index in [0.717, 1.165) is 24.3 Å². The van der Waals surface area contributed by atoms with Crippen LogP contribution in [0.4, 0.5) is 20.2 Å². The molecule has 9 nitrogen and oxygen atoms in total. The molecule has 35 heavy (non-hydrogen) atoms. The number of carbonyl (C=O) groups excluding carboxylic acids is 2. The molecule has 0 aliphatic carbocycles. The van der Waals surface area contributed by atoms with Crippen molar-refractivity contribution >= 4 is 46.3 Å². The molecule has 0 spiro atoms. The van der Waals surface area contributed by atoms with Gasteiger partial charge in [-0.3, -0.25) is 23.9 Å². The Morgan fingerprint density at radius 3 is 2.63 bits per heavy atom. The molecule has 0 radical (unpaired) electrons. The number of benzene rings is 1. The van der Waals surface area contributed by atoms with Gasteiger partial charge in [-0.2, -0.15) is 5.26 Å². The number of anilines is 2. The van der Waals surface area contributed by atoms with Crippen molar-refractivity contribution in [1.82, 2.24) is 14.8 Å². The van der Waals surface area contributed by atoms with Crippen molar-refractivity contribution in [2.45, 2.75) is 33.2 Å². The first-order valence-electron chi connectivity index (χ1n) is 11.0. The van der Waals surface area contributed by atoms with E-state index in [1.54, 1.807) is 37.3 Å². The van der Waals surface area contributed by atoms with Crippen LogP contribution >= 0.6 is 11.3 Å². The van der Waals surface area contributed by atoms with Gasteiger partial charge < -0.3 is 16.0 Å². The topological polar surface area (TPSA) is 119 Å². The van der Waals surface area contributed by atoms with E-state index in [1.165, 1.54) is 10.8 Å². The van der Waals surface area contributed by atoms with Crippen LogP contribution in [0.5, 0.6) is 0 Å². The van der Waals surface area contributed by atoms with Crippen LogP contribution in [0, 0.1) is 11.3 Å². The predicted molar refractivity (Wildman–Crippen MR) is 132 cm³/mol. The van der Waals surface area contributed by atoms with E-state index >= 15 is 0 Å². The molecule has 1 heterocycles. The molecule has 0 aliphatic heterocycles. The maximum Gasteiger partial charge on any atom is 0.270 e. The molecule has 0 saturated carbocycles. The lowest BCUT2D eigenvalue weighted by molar-refractivity contribution is -0.117.